The summed E-state index contributed by atoms with van der Waals surface area (Å²) < 4.78 is 5.69. The molecule has 1 aromatic carbocycles. The first-order valence-electron chi connectivity index (χ1n) is 7.04. The molecule has 1 fully saturated rings. The van der Waals surface area contributed by atoms with E-state index in [9.17, 15) is 4.79 Å². The number of carbonyl (C=O) groups excluding carboxylic acids is 1. The van der Waals surface area contributed by atoms with Gasteiger partial charge in [-0.3, -0.25) is 4.79 Å². The average Bonchev–Trinajstić information content (AvgIpc) is 2.46. The molecule has 1 aromatic rings. The van der Waals surface area contributed by atoms with Crippen molar-refractivity contribution in [2.45, 2.75) is 38.3 Å². The maximum Gasteiger partial charge on any atom is 0.263 e. The van der Waals surface area contributed by atoms with Crippen LogP contribution in [0.25, 0.3) is 0 Å². The maximum absolute atomic E-state index is 12.5. The van der Waals surface area contributed by atoms with Crippen molar-refractivity contribution < 1.29 is 9.53 Å². The van der Waals surface area contributed by atoms with Gasteiger partial charge in [0.15, 0.2) is 6.10 Å². The zero-order chi connectivity index (χ0) is 14.5. The van der Waals surface area contributed by atoms with E-state index in [1.165, 1.54) is 0 Å². The van der Waals surface area contributed by atoms with Crippen molar-refractivity contribution in [3.05, 3.63) is 29.3 Å². The van der Waals surface area contributed by atoms with Crippen molar-refractivity contribution in [2.75, 3.05) is 13.1 Å². The van der Waals surface area contributed by atoms with E-state index >= 15 is 0 Å². The molecule has 0 aromatic heterocycles. The number of hydrogen-bond donors (Lipinski definition) is 1. The highest BCUT2D eigenvalue weighted by molar-refractivity contribution is 6.30. The van der Waals surface area contributed by atoms with Gasteiger partial charge in [-0.1, -0.05) is 17.7 Å². The number of nitrogens with two attached hydrogens (primary N) is 1. The first kappa shape index (κ1) is 18.1. The molecule has 0 spiro atoms. The fourth-order valence-electron chi connectivity index (χ4n) is 2.56. The average molecular weight is 333 g/mol. The second-order valence-electron chi connectivity index (χ2n) is 5.13. The summed E-state index contributed by atoms with van der Waals surface area (Å²) >= 11 is 5.91. The Labute approximate surface area is 137 Å². The number of rotatable bonds is 4. The maximum atomic E-state index is 12.5. The van der Waals surface area contributed by atoms with Crippen LogP contribution in [0.2, 0.25) is 5.02 Å². The third kappa shape index (κ3) is 4.77. The lowest BCUT2D eigenvalue weighted by molar-refractivity contribution is -0.141. The van der Waals surface area contributed by atoms with Crippen LogP contribution in [0, 0.1) is 0 Å². The summed E-state index contributed by atoms with van der Waals surface area (Å²) in [6, 6.07) is 7.23. The summed E-state index contributed by atoms with van der Waals surface area (Å²) in [4.78, 5) is 14.3. The van der Waals surface area contributed by atoms with Gasteiger partial charge in [0, 0.05) is 24.2 Å². The normalized spacial score (nSPS) is 19.6. The third-order valence-corrected chi connectivity index (χ3v) is 3.87. The molecular formula is C15H22Cl2N2O2. The minimum Gasteiger partial charge on any atom is -0.481 e. The van der Waals surface area contributed by atoms with Crippen LogP contribution in [0.5, 0.6) is 5.75 Å². The molecule has 2 N–H and O–H groups in total. The predicted octanol–water partition coefficient (Wildman–Crippen LogP) is 2.87. The lowest BCUT2D eigenvalue weighted by Gasteiger charge is -2.36. The summed E-state index contributed by atoms with van der Waals surface area (Å²) in [7, 11) is 0. The van der Waals surface area contributed by atoms with Crippen LogP contribution in [-0.4, -0.2) is 36.0 Å². The van der Waals surface area contributed by atoms with Gasteiger partial charge in [-0.25, -0.2) is 0 Å². The summed E-state index contributed by atoms with van der Waals surface area (Å²) in [6.07, 6.45) is 2.62. The second-order valence-corrected chi connectivity index (χ2v) is 5.57. The number of ether oxygens (including phenoxy) is 1. The first-order chi connectivity index (χ1) is 9.61. The smallest absolute Gasteiger partial charge is 0.263 e. The highest BCUT2D eigenvalue weighted by atomic mass is 35.5. The van der Waals surface area contributed by atoms with Gasteiger partial charge >= 0.3 is 0 Å². The Morgan fingerprint density at radius 3 is 2.95 bits per heavy atom. The van der Waals surface area contributed by atoms with E-state index in [-0.39, 0.29) is 24.4 Å². The Kier molecular flexibility index (Phi) is 7.29. The molecule has 2 atom stereocenters. The zero-order valence-corrected chi connectivity index (χ0v) is 13.7. The number of nitrogens with zero attached hydrogens (tertiary/aromatic N) is 1. The van der Waals surface area contributed by atoms with Crippen LogP contribution in [0.15, 0.2) is 24.3 Å². The van der Waals surface area contributed by atoms with Crippen molar-refractivity contribution in [1.29, 1.82) is 0 Å². The molecule has 0 radical (unpaired) electrons. The van der Waals surface area contributed by atoms with Crippen LogP contribution in [0.1, 0.15) is 26.2 Å². The number of amides is 1. The molecule has 1 aliphatic rings. The number of hydrogen-bond acceptors (Lipinski definition) is 3. The number of carbonyl (C=O) groups is 1. The Balaban J connectivity index is 0.00000220. The molecule has 2 rings (SSSR count). The molecule has 6 heteroatoms. The topological polar surface area (TPSA) is 55.6 Å². The van der Waals surface area contributed by atoms with Gasteiger partial charge in [-0.2, -0.15) is 0 Å². The predicted molar refractivity (Wildman–Crippen MR) is 87.2 cm³/mol. The second kappa shape index (κ2) is 8.47. The van der Waals surface area contributed by atoms with Gasteiger partial charge in [-0.05, 0) is 44.4 Å². The van der Waals surface area contributed by atoms with Crippen molar-refractivity contribution in [3.63, 3.8) is 0 Å². The summed E-state index contributed by atoms with van der Waals surface area (Å²) in [5, 5.41) is 0.597. The summed E-state index contributed by atoms with van der Waals surface area (Å²) in [5.74, 6) is 0.611. The van der Waals surface area contributed by atoms with Crippen LogP contribution in [0.3, 0.4) is 0 Å². The van der Waals surface area contributed by atoms with Gasteiger partial charge < -0.3 is 15.4 Å². The minimum atomic E-state index is -0.527. The highest BCUT2D eigenvalue weighted by Gasteiger charge is 2.29. The van der Waals surface area contributed by atoms with E-state index in [1.54, 1.807) is 31.2 Å². The molecule has 1 saturated heterocycles. The number of piperidine rings is 1. The molecule has 4 nitrogen and oxygen atoms in total. The number of benzene rings is 1. The quantitative estimate of drug-likeness (QED) is 0.922. The lowest BCUT2D eigenvalue weighted by Crippen LogP contribution is -2.51. The molecule has 0 bridgehead atoms. The van der Waals surface area contributed by atoms with Crippen LogP contribution >= 0.6 is 24.0 Å². The van der Waals surface area contributed by atoms with E-state index in [2.05, 4.69) is 0 Å². The van der Waals surface area contributed by atoms with Crippen LogP contribution in [0.4, 0.5) is 0 Å². The van der Waals surface area contributed by atoms with E-state index in [4.69, 9.17) is 22.1 Å². The molecule has 1 heterocycles. The van der Waals surface area contributed by atoms with Gasteiger partial charge in [-0.15, -0.1) is 12.4 Å². The zero-order valence-electron chi connectivity index (χ0n) is 12.1. The fourth-order valence-corrected chi connectivity index (χ4v) is 2.74. The molecule has 0 saturated carbocycles. The largest absolute Gasteiger partial charge is 0.481 e. The minimum absolute atomic E-state index is 0. The standard InChI is InChI=1S/C15H21ClN2O2.ClH/c1-11(20-14-7-4-5-12(16)9-14)15(19)18-8-3-2-6-13(18)10-17;/h4-5,7,9,11,13H,2-3,6,8,10,17H2,1H3;1H. The fraction of sp³-hybridized carbons (Fsp3) is 0.533. The van der Waals surface area contributed by atoms with Crippen molar-refractivity contribution >= 4 is 29.9 Å². The SMILES string of the molecule is CC(Oc1cccc(Cl)c1)C(=O)N1CCCCC1CN.Cl. The van der Waals surface area contributed by atoms with E-state index in [0.717, 1.165) is 25.8 Å². The molecule has 1 amide bonds. The first-order valence-corrected chi connectivity index (χ1v) is 7.42. The van der Waals surface area contributed by atoms with E-state index < -0.39 is 6.10 Å². The summed E-state index contributed by atoms with van der Waals surface area (Å²) in [5.41, 5.74) is 5.75. The van der Waals surface area contributed by atoms with Gasteiger partial charge in [0.1, 0.15) is 5.75 Å². The Morgan fingerprint density at radius 2 is 2.29 bits per heavy atom. The monoisotopic (exact) mass is 332 g/mol. The van der Waals surface area contributed by atoms with Crippen LogP contribution < -0.4 is 10.5 Å². The third-order valence-electron chi connectivity index (χ3n) is 3.64. The summed E-state index contributed by atoms with van der Waals surface area (Å²) in [6.45, 7) is 3.05. The van der Waals surface area contributed by atoms with Crippen LogP contribution in [-0.2, 0) is 4.79 Å². The molecule has 2 unspecified atom stereocenters. The van der Waals surface area contributed by atoms with Gasteiger partial charge in [0.05, 0.1) is 0 Å². The van der Waals surface area contributed by atoms with E-state index in [1.807, 2.05) is 4.90 Å². The Bertz CT molecular complexity index is 471. The van der Waals surface area contributed by atoms with E-state index in [0.29, 0.717) is 17.3 Å². The Hall–Kier alpha value is -0.970. The Morgan fingerprint density at radius 1 is 1.52 bits per heavy atom. The molecular weight excluding hydrogens is 311 g/mol. The molecule has 1 aliphatic heterocycles. The highest BCUT2D eigenvalue weighted by Crippen LogP contribution is 2.21. The molecule has 0 aliphatic carbocycles. The van der Waals surface area contributed by atoms with Gasteiger partial charge in [0.25, 0.3) is 5.91 Å². The van der Waals surface area contributed by atoms with Gasteiger partial charge in [0.2, 0.25) is 0 Å². The number of likely N-dealkylation sites (tertiary alicyclic amines) is 1. The number of halogens is 2. The lowest BCUT2D eigenvalue weighted by atomic mass is 10.0. The molecule has 21 heavy (non-hydrogen) atoms. The van der Waals surface area contributed by atoms with Crippen molar-refractivity contribution in [2.24, 2.45) is 5.73 Å². The van der Waals surface area contributed by atoms with Crippen molar-refractivity contribution in [1.82, 2.24) is 4.90 Å². The van der Waals surface area contributed by atoms with Crippen molar-refractivity contribution in [3.8, 4) is 5.75 Å². The molecule has 118 valence electrons.